The van der Waals surface area contributed by atoms with Crippen LogP contribution in [-0.4, -0.2) is 11.1 Å². The smallest absolute Gasteiger partial charge is 0.337 e. The zero-order chi connectivity index (χ0) is 12.4. The van der Waals surface area contributed by atoms with E-state index in [4.69, 9.17) is 10.8 Å². The minimum absolute atomic E-state index is 0.0201. The molecule has 2 rings (SSSR count). The van der Waals surface area contributed by atoms with Crippen molar-refractivity contribution in [2.75, 3.05) is 5.73 Å². The quantitative estimate of drug-likeness (QED) is 0.781. The molecule has 0 aliphatic heterocycles. The van der Waals surface area contributed by atoms with Crippen molar-refractivity contribution in [2.45, 2.75) is 0 Å². The Kier molecular flexibility index (Phi) is 2.78. The van der Waals surface area contributed by atoms with Gasteiger partial charge in [-0.05, 0) is 35.4 Å². The molecule has 0 bridgehead atoms. The number of carboxylic acids is 1. The molecule has 0 saturated heterocycles. The van der Waals surface area contributed by atoms with Crippen LogP contribution in [0.15, 0.2) is 42.5 Å². The van der Waals surface area contributed by atoms with Crippen molar-refractivity contribution in [1.29, 1.82) is 0 Å². The van der Waals surface area contributed by atoms with Crippen LogP contribution in [0.25, 0.3) is 11.1 Å². The van der Waals surface area contributed by atoms with Gasteiger partial charge in [0.05, 0.1) is 5.56 Å². The number of hydrogen-bond donors (Lipinski definition) is 2. The molecule has 0 heterocycles. The number of nitrogen functional groups attached to an aromatic ring is 1. The third kappa shape index (κ3) is 2.25. The van der Waals surface area contributed by atoms with Crippen LogP contribution >= 0.6 is 0 Å². The molecule has 0 unspecified atom stereocenters. The summed E-state index contributed by atoms with van der Waals surface area (Å²) in [5, 5.41) is 8.94. The highest BCUT2D eigenvalue weighted by atomic mass is 19.1. The monoisotopic (exact) mass is 231 g/mol. The largest absolute Gasteiger partial charge is 0.478 e. The first kappa shape index (κ1) is 11.1. The second-order valence-electron chi connectivity index (χ2n) is 3.62. The third-order valence-corrected chi connectivity index (χ3v) is 2.44. The topological polar surface area (TPSA) is 63.3 Å². The van der Waals surface area contributed by atoms with Crippen molar-refractivity contribution >= 4 is 11.7 Å². The molecule has 0 aliphatic rings. The first-order valence-electron chi connectivity index (χ1n) is 4.96. The van der Waals surface area contributed by atoms with Crippen molar-refractivity contribution in [2.24, 2.45) is 0 Å². The van der Waals surface area contributed by atoms with E-state index in [9.17, 15) is 9.18 Å². The summed E-state index contributed by atoms with van der Waals surface area (Å²) in [7, 11) is 0. The van der Waals surface area contributed by atoms with Crippen LogP contribution in [0.5, 0.6) is 0 Å². The maximum absolute atomic E-state index is 13.1. The predicted octanol–water partition coefficient (Wildman–Crippen LogP) is 2.77. The summed E-state index contributed by atoms with van der Waals surface area (Å²) >= 11 is 0. The molecule has 4 heteroatoms. The summed E-state index contributed by atoms with van der Waals surface area (Å²) in [5.74, 6) is -1.46. The molecule has 0 aromatic heterocycles. The Morgan fingerprint density at radius 3 is 2.47 bits per heavy atom. The Bertz CT molecular complexity index is 581. The lowest BCUT2D eigenvalue weighted by Crippen LogP contribution is -2.02. The van der Waals surface area contributed by atoms with Gasteiger partial charge in [0.15, 0.2) is 0 Å². The molecule has 0 spiro atoms. The van der Waals surface area contributed by atoms with Crippen LogP contribution in [0, 0.1) is 5.82 Å². The van der Waals surface area contributed by atoms with E-state index >= 15 is 0 Å². The lowest BCUT2D eigenvalue weighted by molar-refractivity contribution is 0.0698. The van der Waals surface area contributed by atoms with Crippen molar-refractivity contribution in [3.05, 3.63) is 53.8 Å². The SMILES string of the molecule is Nc1ccc(-c2cccc(F)c2)cc1C(=O)O. The Labute approximate surface area is 97.3 Å². The highest BCUT2D eigenvalue weighted by Crippen LogP contribution is 2.24. The predicted molar refractivity (Wildman–Crippen MR) is 63.2 cm³/mol. The van der Waals surface area contributed by atoms with Gasteiger partial charge in [-0.2, -0.15) is 0 Å². The molecule has 86 valence electrons. The van der Waals surface area contributed by atoms with E-state index in [0.29, 0.717) is 11.1 Å². The van der Waals surface area contributed by atoms with Gasteiger partial charge in [0.1, 0.15) is 5.82 Å². The van der Waals surface area contributed by atoms with Gasteiger partial charge in [-0.3, -0.25) is 0 Å². The number of anilines is 1. The van der Waals surface area contributed by atoms with Gasteiger partial charge < -0.3 is 10.8 Å². The molecule has 0 atom stereocenters. The molecule has 0 saturated carbocycles. The van der Waals surface area contributed by atoms with Crippen LogP contribution in [0.3, 0.4) is 0 Å². The Balaban J connectivity index is 2.54. The zero-order valence-corrected chi connectivity index (χ0v) is 8.85. The number of carbonyl (C=O) groups is 1. The van der Waals surface area contributed by atoms with Gasteiger partial charge >= 0.3 is 5.97 Å². The molecule has 0 amide bonds. The minimum Gasteiger partial charge on any atom is -0.478 e. The van der Waals surface area contributed by atoms with Crippen LogP contribution in [0.1, 0.15) is 10.4 Å². The van der Waals surface area contributed by atoms with E-state index in [2.05, 4.69) is 0 Å². The number of halogens is 1. The molecule has 17 heavy (non-hydrogen) atoms. The lowest BCUT2D eigenvalue weighted by Gasteiger charge is -2.05. The molecule has 2 aromatic carbocycles. The summed E-state index contributed by atoms with van der Waals surface area (Å²) in [5.41, 5.74) is 7.00. The van der Waals surface area contributed by atoms with Crippen molar-refractivity contribution in [1.82, 2.24) is 0 Å². The van der Waals surface area contributed by atoms with E-state index in [1.54, 1.807) is 18.2 Å². The number of rotatable bonds is 2. The maximum atomic E-state index is 13.1. The van der Waals surface area contributed by atoms with Gasteiger partial charge in [-0.15, -0.1) is 0 Å². The summed E-state index contributed by atoms with van der Waals surface area (Å²) in [6, 6.07) is 10.6. The van der Waals surface area contributed by atoms with Gasteiger partial charge in [0, 0.05) is 5.69 Å². The number of benzene rings is 2. The zero-order valence-electron chi connectivity index (χ0n) is 8.85. The van der Waals surface area contributed by atoms with Gasteiger partial charge in [-0.25, -0.2) is 9.18 Å². The van der Waals surface area contributed by atoms with E-state index in [1.807, 2.05) is 0 Å². The van der Waals surface area contributed by atoms with E-state index in [0.717, 1.165) is 0 Å². The molecule has 3 nitrogen and oxygen atoms in total. The lowest BCUT2D eigenvalue weighted by atomic mass is 10.0. The standard InChI is InChI=1S/C13H10FNO2/c14-10-3-1-2-8(6-10)9-4-5-12(15)11(7-9)13(16)17/h1-7H,15H2,(H,16,17). The summed E-state index contributed by atoms with van der Waals surface area (Å²) in [4.78, 5) is 10.9. The van der Waals surface area contributed by atoms with E-state index < -0.39 is 5.97 Å². The number of carboxylic acid groups (broad SMARTS) is 1. The average molecular weight is 231 g/mol. The van der Waals surface area contributed by atoms with Crippen molar-refractivity contribution < 1.29 is 14.3 Å². The van der Waals surface area contributed by atoms with E-state index in [-0.39, 0.29) is 17.1 Å². The number of hydrogen-bond acceptors (Lipinski definition) is 2. The first-order chi connectivity index (χ1) is 8.08. The Morgan fingerprint density at radius 1 is 1.12 bits per heavy atom. The van der Waals surface area contributed by atoms with Gasteiger partial charge in [-0.1, -0.05) is 18.2 Å². The average Bonchev–Trinajstić information content (AvgIpc) is 2.29. The number of aromatic carboxylic acids is 1. The molecule has 3 N–H and O–H groups in total. The Morgan fingerprint density at radius 2 is 1.82 bits per heavy atom. The summed E-state index contributed by atoms with van der Waals surface area (Å²) < 4.78 is 13.1. The molecular weight excluding hydrogens is 221 g/mol. The molecular formula is C13H10FNO2. The van der Waals surface area contributed by atoms with Crippen molar-refractivity contribution in [3.63, 3.8) is 0 Å². The molecule has 0 radical (unpaired) electrons. The molecule has 0 aliphatic carbocycles. The molecule has 0 fully saturated rings. The second-order valence-corrected chi connectivity index (χ2v) is 3.62. The first-order valence-corrected chi connectivity index (χ1v) is 4.96. The number of nitrogens with two attached hydrogens (primary N) is 1. The van der Waals surface area contributed by atoms with Crippen LogP contribution in [0.2, 0.25) is 0 Å². The van der Waals surface area contributed by atoms with Crippen LogP contribution in [-0.2, 0) is 0 Å². The highest BCUT2D eigenvalue weighted by Gasteiger charge is 2.09. The van der Waals surface area contributed by atoms with Gasteiger partial charge in [0.25, 0.3) is 0 Å². The summed E-state index contributed by atoms with van der Waals surface area (Å²) in [6.07, 6.45) is 0. The Hall–Kier alpha value is -2.36. The second kappa shape index (κ2) is 4.25. The maximum Gasteiger partial charge on any atom is 0.337 e. The van der Waals surface area contributed by atoms with Gasteiger partial charge in [0.2, 0.25) is 0 Å². The summed E-state index contributed by atoms with van der Waals surface area (Å²) in [6.45, 7) is 0. The van der Waals surface area contributed by atoms with Crippen molar-refractivity contribution in [3.8, 4) is 11.1 Å². The van der Waals surface area contributed by atoms with Crippen LogP contribution < -0.4 is 5.73 Å². The fraction of sp³-hybridized carbons (Fsp3) is 0. The minimum atomic E-state index is -1.10. The van der Waals surface area contributed by atoms with Crippen LogP contribution in [0.4, 0.5) is 10.1 Å². The highest BCUT2D eigenvalue weighted by molar-refractivity contribution is 5.95. The third-order valence-electron chi connectivity index (χ3n) is 2.44. The van der Waals surface area contributed by atoms with E-state index in [1.165, 1.54) is 24.3 Å². The fourth-order valence-corrected chi connectivity index (χ4v) is 1.59. The molecule has 2 aromatic rings. The fourth-order valence-electron chi connectivity index (χ4n) is 1.59. The normalized spacial score (nSPS) is 10.2.